The summed E-state index contributed by atoms with van der Waals surface area (Å²) in [5, 5.41) is 10.3. The summed E-state index contributed by atoms with van der Waals surface area (Å²) in [5.41, 5.74) is 5.35. The van der Waals surface area contributed by atoms with Crippen LogP contribution in [0.15, 0.2) is 173 Å². The summed E-state index contributed by atoms with van der Waals surface area (Å²) in [5.74, 6) is 0. The first-order valence-corrected chi connectivity index (χ1v) is 17.6. The predicted octanol–water partition coefficient (Wildman–Crippen LogP) is 9.21. The van der Waals surface area contributed by atoms with Crippen molar-refractivity contribution in [1.82, 2.24) is 4.57 Å². The molecule has 45 heavy (non-hydrogen) atoms. The minimum atomic E-state index is -2.62. The molecule has 2 heterocycles. The van der Waals surface area contributed by atoms with Crippen LogP contribution in [0, 0.1) is 0 Å². The Bertz CT molecular complexity index is 2300. The van der Waals surface area contributed by atoms with Crippen molar-refractivity contribution in [3.63, 3.8) is 0 Å². The summed E-state index contributed by atoms with van der Waals surface area (Å²) < 4.78 is 8.86. The SMILES string of the molecule is C/C=C\C=C(/C)[Si](c1ccccc1)(c1ccccc1)c1ccc2oc3ccc(-n4c5ccccc5c5ccccc54)cc3c2c1. The van der Waals surface area contributed by atoms with Crippen LogP contribution in [0.3, 0.4) is 0 Å². The van der Waals surface area contributed by atoms with Crippen molar-refractivity contribution in [3.8, 4) is 5.69 Å². The van der Waals surface area contributed by atoms with E-state index in [1.54, 1.807) is 0 Å². The minimum Gasteiger partial charge on any atom is -0.456 e. The van der Waals surface area contributed by atoms with E-state index < -0.39 is 8.07 Å². The van der Waals surface area contributed by atoms with Gasteiger partial charge in [0.1, 0.15) is 11.2 Å². The van der Waals surface area contributed by atoms with Gasteiger partial charge in [0, 0.05) is 27.2 Å². The van der Waals surface area contributed by atoms with Crippen LogP contribution in [0.4, 0.5) is 0 Å². The Morgan fingerprint density at radius 3 is 1.69 bits per heavy atom. The molecule has 2 aromatic heterocycles. The number of furan rings is 1. The Hall–Kier alpha value is -5.38. The molecule has 0 unspecified atom stereocenters. The molecule has 6 aromatic carbocycles. The molecule has 3 heteroatoms. The number of benzene rings is 6. The molecule has 0 N–H and O–H groups in total. The van der Waals surface area contributed by atoms with Gasteiger partial charge in [-0.3, -0.25) is 0 Å². The summed E-state index contributed by atoms with van der Waals surface area (Å²) in [7, 11) is -2.62. The van der Waals surface area contributed by atoms with E-state index in [9.17, 15) is 0 Å². The summed E-state index contributed by atoms with van der Waals surface area (Å²) in [6.07, 6.45) is 6.60. The maximum atomic E-state index is 6.48. The van der Waals surface area contributed by atoms with Gasteiger partial charge in [0.25, 0.3) is 0 Å². The van der Waals surface area contributed by atoms with E-state index in [0.29, 0.717) is 0 Å². The van der Waals surface area contributed by atoms with E-state index in [1.807, 2.05) is 0 Å². The molecule has 0 radical (unpaired) electrons. The summed E-state index contributed by atoms with van der Waals surface area (Å²) in [6.45, 7) is 4.39. The van der Waals surface area contributed by atoms with Crippen LogP contribution < -0.4 is 15.6 Å². The Labute approximate surface area is 264 Å². The maximum Gasteiger partial charge on any atom is 0.175 e. The van der Waals surface area contributed by atoms with Crippen molar-refractivity contribution in [3.05, 3.63) is 169 Å². The van der Waals surface area contributed by atoms with Crippen molar-refractivity contribution in [2.75, 3.05) is 0 Å². The number of fused-ring (bicyclic) bond motifs is 6. The van der Waals surface area contributed by atoms with E-state index >= 15 is 0 Å². The van der Waals surface area contributed by atoms with Gasteiger partial charge in [0.15, 0.2) is 8.07 Å². The van der Waals surface area contributed by atoms with Gasteiger partial charge in [-0.1, -0.05) is 133 Å². The van der Waals surface area contributed by atoms with Gasteiger partial charge in [0.2, 0.25) is 0 Å². The fourth-order valence-corrected chi connectivity index (χ4v) is 12.1. The lowest BCUT2D eigenvalue weighted by molar-refractivity contribution is 0.669. The highest BCUT2D eigenvalue weighted by molar-refractivity contribution is 7.16. The normalized spacial score (nSPS) is 12.7. The number of aromatic nitrogens is 1. The largest absolute Gasteiger partial charge is 0.456 e. The second kappa shape index (κ2) is 11.0. The minimum absolute atomic E-state index is 0.902. The second-order valence-corrected chi connectivity index (χ2v) is 15.7. The summed E-state index contributed by atoms with van der Waals surface area (Å²) >= 11 is 0. The van der Waals surface area contributed by atoms with E-state index in [1.165, 1.54) is 42.6 Å². The first-order chi connectivity index (χ1) is 22.2. The van der Waals surface area contributed by atoms with Crippen molar-refractivity contribution in [1.29, 1.82) is 0 Å². The first-order valence-electron chi connectivity index (χ1n) is 15.6. The number of nitrogens with zero attached hydrogens (tertiary/aromatic N) is 1. The molecule has 2 nitrogen and oxygen atoms in total. The van der Waals surface area contributed by atoms with E-state index in [0.717, 1.165) is 27.6 Å². The summed E-state index contributed by atoms with van der Waals surface area (Å²) in [6, 6.07) is 53.0. The fourth-order valence-electron chi connectivity index (χ4n) is 7.26. The standard InChI is InChI=1S/C42H33NOSi/c1-3-4-15-30(2)45(32-16-7-5-8-17-32,33-18-9-6-10-19-33)34-25-27-42-38(29-34)37-28-31(24-26-41(37)44-42)43-39-22-13-11-20-35(39)36-21-12-14-23-40(36)43/h3-29H,1-2H3/b4-3-,30-15+. The molecule has 0 amide bonds. The van der Waals surface area contributed by atoms with Crippen molar-refractivity contribution in [2.45, 2.75) is 13.8 Å². The number of allylic oxidation sites excluding steroid dienone is 4. The fraction of sp³-hybridized carbons (Fsp3) is 0.0476. The molecule has 8 rings (SSSR count). The van der Waals surface area contributed by atoms with Crippen molar-refractivity contribution >= 4 is 67.4 Å². The van der Waals surface area contributed by atoms with Gasteiger partial charge in [-0.25, -0.2) is 0 Å². The predicted molar refractivity (Wildman–Crippen MR) is 194 cm³/mol. The maximum absolute atomic E-state index is 6.48. The molecule has 0 bridgehead atoms. The van der Waals surface area contributed by atoms with E-state index in [-0.39, 0.29) is 0 Å². The average molecular weight is 596 g/mol. The van der Waals surface area contributed by atoms with E-state index in [2.05, 4.69) is 182 Å². The zero-order chi connectivity index (χ0) is 30.4. The Morgan fingerprint density at radius 1 is 0.556 bits per heavy atom. The van der Waals surface area contributed by atoms with E-state index in [4.69, 9.17) is 4.42 Å². The van der Waals surface area contributed by atoms with Gasteiger partial charge >= 0.3 is 0 Å². The number of hydrogen-bond donors (Lipinski definition) is 0. The van der Waals surface area contributed by atoms with Crippen LogP contribution in [-0.4, -0.2) is 12.6 Å². The lowest BCUT2D eigenvalue weighted by Crippen LogP contribution is -2.68. The summed E-state index contributed by atoms with van der Waals surface area (Å²) in [4.78, 5) is 0. The van der Waals surface area contributed by atoms with Crippen LogP contribution in [0.5, 0.6) is 0 Å². The van der Waals surface area contributed by atoms with Gasteiger partial charge in [-0.15, -0.1) is 0 Å². The van der Waals surface area contributed by atoms with Gasteiger partial charge < -0.3 is 8.98 Å². The first kappa shape index (κ1) is 27.2. The van der Waals surface area contributed by atoms with Crippen LogP contribution in [0.25, 0.3) is 49.4 Å². The second-order valence-electron chi connectivity index (χ2n) is 11.7. The van der Waals surface area contributed by atoms with Crippen LogP contribution in [0.2, 0.25) is 0 Å². The molecule has 0 atom stereocenters. The lowest BCUT2D eigenvalue weighted by atomic mass is 10.1. The Balaban J connectivity index is 1.42. The van der Waals surface area contributed by atoms with Gasteiger partial charge in [0.05, 0.1) is 11.0 Å². The third kappa shape index (κ3) is 4.23. The van der Waals surface area contributed by atoms with Crippen molar-refractivity contribution in [2.24, 2.45) is 0 Å². The highest BCUT2D eigenvalue weighted by atomic mass is 28.3. The number of para-hydroxylation sites is 2. The zero-order valence-corrected chi connectivity index (χ0v) is 26.4. The van der Waals surface area contributed by atoms with Crippen LogP contribution in [0.1, 0.15) is 13.8 Å². The molecule has 0 saturated heterocycles. The average Bonchev–Trinajstić information content (AvgIpc) is 3.64. The van der Waals surface area contributed by atoms with Crippen LogP contribution >= 0.6 is 0 Å². The number of rotatable bonds is 6. The lowest BCUT2D eigenvalue weighted by Gasteiger charge is -2.35. The molecule has 0 aliphatic rings. The smallest absolute Gasteiger partial charge is 0.175 e. The molecule has 216 valence electrons. The quantitative estimate of drug-likeness (QED) is 0.106. The molecule has 8 aromatic rings. The highest BCUT2D eigenvalue weighted by Gasteiger charge is 2.41. The zero-order valence-electron chi connectivity index (χ0n) is 25.4. The molecule has 0 fully saturated rings. The van der Waals surface area contributed by atoms with Gasteiger partial charge in [-0.05, 0) is 65.8 Å². The van der Waals surface area contributed by atoms with Crippen molar-refractivity contribution < 1.29 is 4.42 Å². The van der Waals surface area contributed by atoms with Crippen LogP contribution in [-0.2, 0) is 0 Å². The highest BCUT2D eigenvalue weighted by Crippen LogP contribution is 2.35. The Morgan fingerprint density at radius 2 is 1.09 bits per heavy atom. The number of hydrogen-bond acceptors (Lipinski definition) is 1. The molecular formula is C42H33NOSi. The molecule has 0 aliphatic carbocycles. The Kier molecular flexibility index (Phi) is 6.62. The topological polar surface area (TPSA) is 18.1 Å². The third-order valence-electron chi connectivity index (χ3n) is 9.27. The molecule has 0 aliphatic heterocycles. The molecular weight excluding hydrogens is 563 g/mol. The van der Waals surface area contributed by atoms with Gasteiger partial charge in [-0.2, -0.15) is 0 Å². The molecule has 0 spiro atoms. The molecule has 0 saturated carbocycles. The third-order valence-corrected chi connectivity index (χ3v) is 14.2. The monoisotopic (exact) mass is 595 g/mol.